The molecule has 0 radical (unpaired) electrons. The number of anilines is 3. The van der Waals surface area contributed by atoms with Crippen LogP contribution < -0.4 is 4.90 Å². The first-order valence-corrected chi connectivity index (χ1v) is 13.8. The van der Waals surface area contributed by atoms with E-state index in [0.29, 0.717) is 0 Å². The predicted octanol–water partition coefficient (Wildman–Crippen LogP) is 10.7. The molecule has 0 atom stereocenters. The van der Waals surface area contributed by atoms with Crippen molar-refractivity contribution in [2.24, 2.45) is 5.41 Å². The lowest BCUT2D eigenvalue weighted by Gasteiger charge is -2.44. The number of nitrogens with zero attached hydrogens (tertiary/aromatic N) is 1. The summed E-state index contributed by atoms with van der Waals surface area (Å²) in [6.45, 7) is 13.5. The molecule has 0 saturated heterocycles. The molecule has 0 aliphatic heterocycles. The van der Waals surface area contributed by atoms with Crippen LogP contribution in [-0.2, 0) is 10.8 Å². The average Bonchev–Trinajstić information content (AvgIpc) is 3.03. The van der Waals surface area contributed by atoms with Crippen LogP contribution in [0.1, 0.15) is 52.7 Å². The zero-order chi connectivity index (χ0) is 27.6. The topological polar surface area (TPSA) is 3.24 Å². The van der Waals surface area contributed by atoms with Crippen molar-refractivity contribution in [3.63, 3.8) is 0 Å². The largest absolute Gasteiger partial charge is 0.310 e. The summed E-state index contributed by atoms with van der Waals surface area (Å²) in [5.41, 5.74) is 6.56. The van der Waals surface area contributed by atoms with Crippen LogP contribution in [-0.4, -0.2) is 0 Å². The maximum atomic E-state index is 16.2. The Morgan fingerprint density at radius 1 is 0.564 bits per heavy atom. The number of hydrogen-bond acceptors (Lipinski definition) is 1. The fourth-order valence-corrected chi connectivity index (χ4v) is 6.58. The van der Waals surface area contributed by atoms with Gasteiger partial charge in [-0.2, -0.15) is 0 Å². The van der Waals surface area contributed by atoms with Gasteiger partial charge < -0.3 is 4.90 Å². The van der Waals surface area contributed by atoms with E-state index in [4.69, 9.17) is 0 Å². The summed E-state index contributed by atoms with van der Waals surface area (Å²) in [4.78, 5) is 2.27. The van der Waals surface area contributed by atoms with Crippen LogP contribution in [0.15, 0.2) is 109 Å². The van der Waals surface area contributed by atoms with Gasteiger partial charge >= 0.3 is 0 Å². The summed E-state index contributed by atoms with van der Waals surface area (Å²) >= 11 is 0. The van der Waals surface area contributed by atoms with Gasteiger partial charge in [-0.25, -0.2) is 4.39 Å². The zero-order valence-electron chi connectivity index (χ0n) is 23.7. The molecule has 2 heteroatoms. The Balaban J connectivity index is 1.63. The van der Waals surface area contributed by atoms with Crippen LogP contribution >= 0.6 is 0 Å². The van der Waals surface area contributed by atoms with Gasteiger partial charge in [-0.15, -0.1) is 0 Å². The lowest BCUT2D eigenvalue weighted by atomic mass is 9.59. The van der Waals surface area contributed by atoms with E-state index in [-0.39, 0.29) is 22.1 Å². The minimum atomic E-state index is -0.282. The third-order valence-corrected chi connectivity index (χ3v) is 9.96. The van der Waals surface area contributed by atoms with Crippen molar-refractivity contribution in [3.05, 3.63) is 126 Å². The monoisotopic (exact) mass is 513 g/mol. The molecule has 1 aliphatic carbocycles. The second-order valence-corrected chi connectivity index (χ2v) is 12.5. The Labute approximate surface area is 231 Å². The van der Waals surface area contributed by atoms with Crippen molar-refractivity contribution in [2.45, 2.75) is 52.4 Å². The van der Waals surface area contributed by atoms with E-state index in [0.717, 1.165) is 50.1 Å². The molecular formula is C37H36FN. The minimum Gasteiger partial charge on any atom is -0.310 e. The van der Waals surface area contributed by atoms with Gasteiger partial charge in [0.2, 0.25) is 0 Å². The number of rotatable bonds is 4. The normalized spacial score (nSPS) is 16.7. The summed E-state index contributed by atoms with van der Waals surface area (Å²) in [6.07, 6.45) is 0. The van der Waals surface area contributed by atoms with E-state index in [2.05, 4.69) is 137 Å². The molecule has 39 heavy (non-hydrogen) atoms. The van der Waals surface area contributed by atoms with Gasteiger partial charge in [-0.1, -0.05) is 108 Å². The number of para-hydroxylation sites is 2. The Kier molecular flexibility index (Phi) is 5.73. The summed E-state index contributed by atoms with van der Waals surface area (Å²) in [6, 6.07) is 37.8. The van der Waals surface area contributed by atoms with Crippen molar-refractivity contribution < 1.29 is 4.39 Å². The fraction of sp³-hybridized carbons (Fsp3) is 0.243. The van der Waals surface area contributed by atoms with Crippen molar-refractivity contribution in [2.75, 3.05) is 4.90 Å². The van der Waals surface area contributed by atoms with Crippen LogP contribution in [0, 0.1) is 11.2 Å². The van der Waals surface area contributed by atoms with E-state index < -0.39 is 0 Å². The Morgan fingerprint density at radius 3 is 1.74 bits per heavy atom. The zero-order valence-corrected chi connectivity index (χ0v) is 23.7. The lowest BCUT2D eigenvalue weighted by Crippen LogP contribution is -2.42. The van der Waals surface area contributed by atoms with Gasteiger partial charge in [0.15, 0.2) is 0 Å². The molecule has 1 nitrogen and oxygen atoms in total. The second-order valence-electron chi connectivity index (χ2n) is 12.5. The molecule has 1 aliphatic rings. The summed E-state index contributed by atoms with van der Waals surface area (Å²) in [5, 5.41) is 2.25. The molecule has 0 N–H and O–H groups in total. The highest BCUT2D eigenvalue weighted by atomic mass is 19.1. The number of fused-ring (bicyclic) bond motifs is 2. The molecule has 6 rings (SSSR count). The third-order valence-electron chi connectivity index (χ3n) is 9.96. The van der Waals surface area contributed by atoms with Crippen LogP contribution in [0.5, 0.6) is 0 Å². The van der Waals surface area contributed by atoms with Crippen molar-refractivity contribution in [1.82, 2.24) is 0 Å². The number of benzene rings is 5. The lowest BCUT2D eigenvalue weighted by molar-refractivity contribution is 0.123. The quantitative estimate of drug-likeness (QED) is 0.231. The average molecular weight is 514 g/mol. The van der Waals surface area contributed by atoms with E-state index in [1.807, 2.05) is 12.1 Å². The standard InChI is InChI=1S/C37H36FN/c1-35(2)32-22-26(23-33(38)34(32)36(3,4)37(35,5)6)31-24-29(21-25-15-13-14-20-30(25)31)39(27-16-9-7-10-17-27)28-18-11-8-12-19-28/h7-24H,1-6H3. The molecule has 0 aromatic heterocycles. The van der Waals surface area contributed by atoms with E-state index in [1.54, 1.807) is 6.07 Å². The molecule has 0 fully saturated rings. The summed E-state index contributed by atoms with van der Waals surface area (Å²) in [7, 11) is 0. The van der Waals surface area contributed by atoms with Crippen molar-refractivity contribution >= 4 is 27.8 Å². The molecule has 0 saturated carbocycles. The molecular weight excluding hydrogens is 477 g/mol. The molecule has 0 heterocycles. The highest BCUT2D eigenvalue weighted by Crippen LogP contribution is 2.62. The summed E-state index contributed by atoms with van der Waals surface area (Å²) in [5.74, 6) is -0.108. The number of hydrogen-bond donors (Lipinski definition) is 0. The van der Waals surface area contributed by atoms with Crippen LogP contribution in [0.2, 0.25) is 0 Å². The Bertz CT molecular complexity index is 1640. The molecule has 0 amide bonds. The first-order chi connectivity index (χ1) is 18.5. The first kappa shape index (κ1) is 25.4. The predicted molar refractivity (Wildman–Crippen MR) is 164 cm³/mol. The second kappa shape index (κ2) is 8.81. The Hall–Kier alpha value is -3.91. The SMILES string of the molecule is CC1(C)c2cc(-c3cc(N(c4ccccc4)c4ccccc4)cc4ccccc34)cc(F)c2C(C)(C)C1(C)C. The molecule has 0 bridgehead atoms. The molecule has 196 valence electrons. The van der Waals surface area contributed by atoms with Gasteiger partial charge in [-0.3, -0.25) is 0 Å². The van der Waals surface area contributed by atoms with E-state index >= 15 is 4.39 Å². The van der Waals surface area contributed by atoms with Crippen LogP contribution in [0.4, 0.5) is 21.5 Å². The van der Waals surface area contributed by atoms with Crippen molar-refractivity contribution in [3.8, 4) is 11.1 Å². The number of halogens is 1. The van der Waals surface area contributed by atoms with Crippen molar-refractivity contribution in [1.29, 1.82) is 0 Å². The van der Waals surface area contributed by atoms with Crippen LogP contribution in [0.25, 0.3) is 21.9 Å². The molecule has 5 aromatic carbocycles. The third kappa shape index (κ3) is 3.72. The maximum absolute atomic E-state index is 16.2. The van der Waals surface area contributed by atoms with Gasteiger partial charge in [-0.05, 0) is 91.7 Å². The fourth-order valence-electron chi connectivity index (χ4n) is 6.58. The van der Waals surface area contributed by atoms with Gasteiger partial charge in [0.25, 0.3) is 0 Å². The highest BCUT2D eigenvalue weighted by Gasteiger charge is 2.58. The molecule has 0 unspecified atom stereocenters. The molecule has 0 spiro atoms. The van der Waals surface area contributed by atoms with E-state index in [1.165, 1.54) is 0 Å². The Morgan fingerprint density at radius 2 is 1.13 bits per heavy atom. The molecule has 5 aromatic rings. The minimum absolute atomic E-state index is 0.108. The van der Waals surface area contributed by atoms with Gasteiger partial charge in [0.05, 0.1) is 0 Å². The van der Waals surface area contributed by atoms with Crippen LogP contribution in [0.3, 0.4) is 0 Å². The first-order valence-electron chi connectivity index (χ1n) is 13.8. The highest BCUT2D eigenvalue weighted by molar-refractivity contribution is 6.01. The maximum Gasteiger partial charge on any atom is 0.127 e. The van der Waals surface area contributed by atoms with E-state index in [9.17, 15) is 0 Å². The van der Waals surface area contributed by atoms with Gasteiger partial charge in [0, 0.05) is 17.1 Å². The smallest absolute Gasteiger partial charge is 0.127 e. The van der Waals surface area contributed by atoms with Gasteiger partial charge in [0.1, 0.15) is 5.82 Å². The summed E-state index contributed by atoms with van der Waals surface area (Å²) < 4.78 is 16.2.